The number of nitrogens with zero attached hydrogens (tertiary/aromatic N) is 2. The molecule has 0 radical (unpaired) electrons. The number of hydrogen-bond acceptors (Lipinski definition) is 4. The minimum atomic E-state index is -0.332. The van der Waals surface area contributed by atoms with E-state index in [4.69, 9.17) is 16.3 Å². The molecule has 0 N–H and O–H groups in total. The molecule has 0 spiro atoms. The lowest BCUT2D eigenvalue weighted by Crippen LogP contribution is -2.49. The van der Waals surface area contributed by atoms with Crippen LogP contribution in [0.15, 0.2) is 60.0 Å². The Hall–Kier alpha value is -2.90. The Morgan fingerprint density at radius 1 is 1.23 bits per heavy atom. The van der Waals surface area contributed by atoms with Crippen LogP contribution < -0.4 is 4.74 Å². The minimum Gasteiger partial charge on any atom is -0.491 e. The number of carbonyl (C=O) groups excluding carboxylic acids is 2. The van der Waals surface area contributed by atoms with Gasteiger partial charge in [0, 0.05) is 28.0 Å². The molecule has 0 bridgehead atoms. The molecule has 2 aromatic carbocycles. The van der Waals surface area contributed by atoms with Gasteiger partial charge in [0.15, 0.2) is 0 Å². The Labute approximate surface area is 214 Å². The zero-order valence-corrected chi connectivity index (χ0v) is 21.3. The van der Waals surface area contributed by atoms with Crippen molar-refractivity contribution in [1.82, 2.24) is 9.80 Å². The lowest BCUT2D eigenvalue weighted by atomic mass is 10.00. The lowest BCUT2D eigenvalue weighted by molar-refractivity contribution is -0.136. The number of amides is 2. The molecular formula is C27H28ClFN2O3S. The number of halogens is 2. The van der Waals surface area contributed by atoms with Gasteiger partial charge in [0.25, 0.3) is 5.91 Å². The average Bonchev–Trinajstić information content (AvgIpc) is 3.35. The van der Waals surface area contributed by atoms with E-state index >= 15 is 0 Å². The number of thiophene rings is 1. The molecule has 0 aliphatic carbocycles. The van der Waals surface area contributed by atoms with E-state index in [-0.39, 0.29) is 42.9 Å². The second-order valence-electron chi connectivity index (χ2n) is 8.62. The first-order valence-electron chi connectivity index (χ1n) is 11.7. The van der Waals surface area contributed by atoms with E-state index < -0.39 is 0 Å². The summed E-state index contributed by atoms with van der Waals surface area (Å²) in [7, 11) is 0. The van der Waals surface area contributed by atoms with Crippen LogP contribution in [-0.4, -0.2) is 47.4 Å². The zero-order valence-electron chi connectivity index (χ0n) is 19.7. The van der Waals surface area contributed by atoms with Crippen molar-refractivity contribution in [3.63, 3.8) is 0 Å². The first-order chi connectivity index (χ1) is 16.9. The quantitative estimate of drug-likeness (QED) is 0.371. The van der Waals surface area contributed by atoms with E-state index in [0.29, 0.717) is 29.3 Å². The van der Waals surface area contributed by atoms with E-state index in [1.807, 2.05) is 25.3 Å². The first-order valence-corrected chi connectivity index (χ1v) is 12.9. The third-order valence-electron chi connectivity index (χ3n) is 6.40. The Morgan fingerprint density at radius 2 is 2.00 bits per heavy atom. The van der Waals surface area contributed by atoms with Gasteiger partial charge in [0.05, 0.1) is 6.04 Å². The summed E-state index contributed by atoms with van der Waals surface area (Å²) < 4.78 is 19.2. The average molecular weight is 515 g/mol. The van der Waals surface area contributed by atoms with Crippen LogP contribution in [0.5, 0.6) is 5.75 Å². The van der Waals surface area contributed by atoms with Crippen molar-refractivity contribution in [1.29, 1.82) is 0 Å². The lowest BCUT2D eigenvalue weighted by Gasteiger charge is -2.38. The van der Waals surface area contributed by atoms with Gasteiger partial charge in [-0.3, -0.25) is 9.59 Å². The van der Waals surface area contributed by atoms with Gasteiger partial charge in [-0.15, -0.1) is 11.3 Å². The maximum absolute atomic E-state index is 13.6. The Balaban J connectivity index is 1.54. The summed E-state index contributed by atoms with van der Waals surface area (Å²) in [6.07, 6.45) is 1.47. The van der Waals surface area contributed by atoms with Crippen LogP contribution >= 0.6 is 22.9 Å². The molecule has 2 amide bonds. The fourth-order valence-electron chi connectivity index (χ4n) is 4.25. The first kappa shape index (κ1) is 25.2. The molecular weight excluding hydrogens is 487 g/mol. The molecule has 1 aliphatic rings. The van der Waals surface area contributed by atoms with Gasteiger partial charge in [-0.05, 0) is 79.2 Å². The summed E-state index contributed by atoms with van der Waals surface area (Å²) in [5.41, 5.74) is 1.52. The van der Waals surface area contributed by atoms with Crippen molar-refractivity contribution in [2.75, 3.05) is 19.7 Å². The molecule has 8 heteroatoms. The van der Waals surface area contributed by atoms with Crippen molar-refractivity contribution in [3.05, 3.63) is 86.8 Å². The van der Waals surface area contributed by atoms with E-state index in [1.54, 1.807) is 57.5 Å². The van der Waals surface area contributed by atoms with Crippen LogP contribution in [0.1, 0.15) is 47.1 Å². The molecule has 0 saturated carbocycles. The fraction of sp³-hybridized carbons (Fsp3) is 0.333. The zero-order chi connectivity index (χ0) is 24.9. The normalized spacial score (nSPS) is 15.9. The summed E-state index contributed by atoms with van der Waals surface area (Å²) in [6.45, 7) is 4.69. The van der Waals surface area contributed by atoms with Crippen LogP contribution in [-0.2, 0) is 11.2 Å². The van der Waals surface area contributed by atoms with E-state index in [2.05, 4.69) is 0 Å². The summed E-state index contributed by atoms with van der Waals surface area (Å²) in [6, 6.07) is 14.3. The fourth-order valence-corrected chi connectivity index (χ4v) is 5.37. The Morgan fingerprint density at radius 3 is 2.71 bits per heavy atom. The number of rotatable bonds is 8. The largest absolute Gasteiger partial charge is 0.491 e. The highest BCUT2D eigenvalue weighted by atomic mass is 35.5. The van der Waals surface area contributed by atoms with Crippen LogP contribution in [0.3, 0.4) is 0 Å². The minimum absolute atomic E-state index is 0.0348. The van der Waals surface area contributed by atoms with Gasteiger partial charge in [-0.25, -0.2) is 4.39 Å². The molecule has 1 aliphatic heterocycles. The predicted octanol–water partition coefficient (Wildman–Crippen LogP) is 5.99. The highest BCUT2D eigenvalue weighted by molar-refractivity contribution is 7.10. The smallest absolute Gasteiger partial charge is 0.254 e. The van der Waals surface area contributed by atoms with Crippen LogP contribution in [0, 0.1) is 5.82 Å². The van der Waals surface area contributed by atoms with Crippen LogP contribution in [0.25, 0.3) is 0 Å². The summed E-state index contributed by atoms with van der Waals surface area (Å²) in [5, 5.41) is 2.50. The third-order valence-corrected chi connectivity index (χ3v) is 7.63. The summed E-state index contributed by atoms with van der Waals surface area (Å²) >= 11 is 7.78. The van der Waals surface area contributed by atoms with Gasteiger partial charge in [0.1, 0.15) is 24.7 Å². The number of benzene rings is 2. The molecule has 3 aromatic rings. The number of carbonyl (C=O) groups is 2. The van der Waals surface area contributed by atoms with Crippen molar-refractivity contribution in [2.24, 2.45) is 0 Å². The molecule has 2 heterocycles. The number of ether oxygens (including phenoxy) is 1. The highest BCUT2D eigenvalue weighted by Gasteiger charge is 2.34. The third kappa shape index (κ3) is 5.85. The monoisotopic (exact) mass is 514 g/mol. The predicted molar refractivity (Wildman–Crippen MR) is 137 cm³/mol. The van der Waals surface area contributed by atoms with Crippen molar-refractivity contribution < 1.29 is 18.7 Å². The molecule has 2 atom stereocenters. The van der Waals surface area contributed by atoms with Gasteiger partial charge < -0.3 is 14.5 Å². The molecule has 184 valence electrons. The molecule has 0 saturated heterocycles. The maximum Gasteiger partial charge on any atom is 0.254 e. The van der Waals surface area contributed by atoms with Crippen molar-refractivity contribution in [2.45, 2.75) is 38.8 Å². The van der Waals surface area contributed by atoms with Gasteiger partial charge in [-0.2, -0.15) is 0 Å². The standard InChI is InChI=1S/C27H28ClFN2O3S/c1-3-18(2)31(27(33)19-5-4-6-20(28)15-19)16-26(32)30-13-11-25-23(12-14-35-25)24(30)17-34-22-9-7-21(29)8-10-22/h4-10,12,14-15,18,24H,3,11,13,16-17H2,1-2H3. The summed E-state index contributed by atoms with van der Waals surface area (Å²) in [5.74, 6) is -0.146. The molecule has 5 nitrogen and oxygen atoms in total. The molecule has 2 unspecified atom stereocenters. The van der Waals surface area contributed by atoms with Gasteiger partial charge in [-0.1, -0.05) is 24.6 Å². The van der Waals surface area contributed by atoms with Gasteiger partial charge in [0.2, 0.25) is 5.91 Å². The molecule has 1 aromatic heterocycles. The molecule has 35 heavy (non-hydrogen) atoms. The van der Waals surface area contributed by atoms with Crippen molar-refractivity contribution in [3.8, 4) is 5.75 Å². The second kappa shape index (κ2) is 11.2. The highest BCUT2D eigenvalue weighted by Crippen LogP contribution is 2.34. The maximum atomic E-state index is 13.6. The van der Waals surface area contributed by atoms with Crippen LogP contribution in [0.2, 0.25) is 5.02 Å². The Kier molecular flexibility index (Phi) is 8.08. The van der Waals surface area contributed by atoms with Crippen LogP contribution in [0.4, 0.5) is 4.39 Å². The Bertz CT molecular complexity index is 1180. The topological polar surface area (TPSA) is 49.9 Å². The number of fused-ring (bicyclic) bond motifs is 1. The molecule has 0 fully saturated rings. The van der Waals surface area contributed by atoms with E-state index in [9.17, 15) is 14.0 Å². The number of hydrogen-bond donors (Lipinski definition) is 0. The SMILES string of the molecule is CCC(C)N(CC(=O)N1CCc2sccc2C1COc1ccc(F)cc1)C(=O)c1cccc(Cl)c1. The van der Waals surface area contributed by atoms with E-state index in [1.165, 1.54) is 17.0 Å². The summed E-state index contributed by atoms with van der Waals surface area (Å²) in [4.78, 5) is 31.6. The van der Waals surface area contributed by atoms with E-state index in [0.717, 1.165) is 12.0 Å². The van der Waals surface area contributed by atoms with Gasteiger partial charge >= 0.3 is 0 Å². The molecule has 4 rings (SSSR count). The second-order valence-corrected chi connectivity index (χ2v) is 10.1. The van der Waals surface area contributed by atoms with Crippen molar-refractivity contribution >= 4 is 34.8 Å².